The maximum atomic E-state index is 12.7. The molecule has 2 saturated heterocycles. The Morgan fingerprint density at radius 2 is 1.75 bits per heavy atom. The van der Waals surface area contributed by atoms with Gasteiger partial charge in [-0.2, -0.15) is 17.6 Å². The Balaban J connectivity index is 0.000000256. The first-order chi connectivity index (χ1) is 11.2. The third-order valence-electron chi connectivity index (χ3n) is 3.80. The van der Waals surface area contributed by atoms with Gasteiger partial charge in [-0.15, -0.1) is 0 Å². The monoisotopic (exact) mass is 352 g/mol. The van der Waals surface area contributed by atoms with Crippen LogP contribution in [0, 0.1) is 17.8 Å². The standard InChI is InChI=1S/C12H15FN2O2.C2HF3O2/c13-11-2-1-10(17-11)12(16)15-6-8-3-9(7-15)5-14-4-8;3-2(4,5)1(6)7/h1-2,8-9,14H,3-7H2;(H,6,7)/t8-,9+;. The van der Waals surface area contributed by atoms with Gasteiger partial charge in [0, 0.05) is 19.2 Å². The van der Waals surface area contributed by atoms with E-state index in [4.69, 9.17) is 14.3 Å². The summed E-state index contributed by atoms with van der Waals surface area (Å²) in [5, 5.41) is 10.5. The summed E-state index contributed by atoms with van der Waals surface area (Å²) < 4.78 is 49.2. The maximum Gasteiger partial charge on any atom is 0.490 e. The fourth-order valence-electron chi connectivity index (χ4n) is 2.86. The molecule has 1 amide bonds. The average Bonchev–Trinajstić information content (AvgIpc) is 2.92. The van der Waals surface area contributed by atoms with E-state index in [9.17, 15) is 22.4 Å². The third kappa shape index (κ3) is 4.70. The molecular weight excluding hydrogens is 336 g/mol. The third-order valence-corrected chi connectivity index (χ3v) is 3.80. The lowest BCUT2D eigenvalue weighted by Gasteiger charge is -2.41. The van der Waals surface area contributed by atoms with Crippen LogP contribution in [-0.2, 0) is 4.79 Å². The van der Waals surface area contributed by atoms with Gasteiger partial charge >= 0.3 is 12.1 Å². The number of likely N-dealkylation sites (tertiary alicyclic amines) is 1. The number of piperidine rings is 2. The second-order valence-corrected chi connectivity index (χ2v) is 5.74. The topological polar surface area (TPSA) is 82.8 Å². The van der Waals surface area contributed by atoms with E-state index in [0.29, 0.717) is 11.8 Å². The van der Waals surface area contributed by atoms with Gasteiger partial charge in [0.1, 0.15) is 0 Å². The van der Waals surface area contributed by atoms with Crippen LogP contribution >= 0.6 is 0 Å². The first-order valence-corrected chi connectivity index (χ1v) is 7.22. The van der Waals surface area contributed by atoms with Crippen molar-refractivity contribution in [3.8, 4) is 0 Å². The van der Waals surface area contributed by atoms with Gasteiger partial charge in [-0.05, 0) is 37.4 Å². The predicted molar refractivity (Wildman–Crippen MR) is 72.7 cm³/mol. The normalized spacial score (nSPS) is 23.2. The van der Waals surface area contributed by atoms with Crippen molar-refractivity contribution >= 4 is 11.9 Å². The molecule has 2 aliphatic heterocycles. The van der Waals surface area contributed by atoms with Crippen molar-refractivity contribution < 1.29 is 36.7 Å². The summed E-state index contributed by atoms with van der Waals surface area (Å²) in [7, 11) is 0. The highest BCUT2D eigenvalue weighted by atomic mass is 19.4. The molecule has 3 rings (SSSR count). The Hall–Kier alpha value is -2.10. The van der Waals surface area contributed by atoms with Crippen LogP contribution in [0.1, 0.15) is 17.0 Å². The van der Waals surface area contributed by atoms with E-state index in [-0.39, 0.29) is 11.7 Å². The number of carboxylic acids is 1. The highest BCUT2D eigenvalue weighted by Gasteiger charge is 2.38. The summed E-state index contributed by atoms with van der Waals surface area (Å²) in [4.78, 5) is 22.8. The van der Waals surface area contributed by atoms with Gasteiger partial charge in [0.2, 0.25) is 0 Å². The molecule has 0 radical (unpaired) electrons. The molecule has 0 aliphatic carbocycles. The number of alkyl halides is 3. The van der Waals surface area contributed by atoms with E-state index < -0.39 is 18.2 Å². The lowest BCUT2D eigenvalue weighted by atomic mass is 9.86. The van der Waals surface area contributed by atoms with Crippen molar-refractivity contribution in [3.63, 3.8) is 0 Å². The molecule has 2 atom stereocenters. The fraction of sp³-hybridized carbons (Fsp3) is 0.571. The average molecular weight is 352 g/mol. The number of amides is 1. The van der Waals surface area contributed by atoms with E-state index in [2.05, 4.69) is 5.32 Å². The van der Waals surface area contributed by atoms with Crippen molar-refractivity contribution in [2.24, 2.45) is 11.8 Å². The minimum absolute atomic E-state index is 0.107. The van der Waals surface area contributed by atoms with Crippen molar-refractivity contribution in [1.82, 2.24) is 10.2 Å². The zero-order valence-electron chi connectivity index (χ0n) is 12.5. The van der Waals surface area contributed by atoms with Crippen LogP contribution in [-0.4, -0.2) is 54.2 Å². The summed E-state index contributed by atoms with van der Waals surface area (Å²) in [6, 6.07) is 1.88. The van der Waals surface area contributed by atoms with E-state index in [1.54, 1.807) is 4.90 Å². The number of furan rings is 1. The number of carboxylic acid groups (broad SMARTS) is 1. The van der Waals surface area contributed by atoms with E-state index in [1.165, 1.54) is 18.6 Å². The molecule has 0 aromatic carbocycles. The number of fused-ring (bicyclic) bond motifs is 2. The summed E-state index contributed by atoms with van der Waals surface area (Å²) in [5.74, 6) is -1.80. The Bertz CT molecular complexity index is 590. The molecule has 2 bridgehead atoms. The number of rotatable bonds is 1. The van der Waals surface area contributed by atoms with E-state index >= 15 is 0 Å². The van der Waals surface area contributed by atoms with Crippen LogP contribution in [0.3, 0.4) is 0 Å². The Morgan fingerprint density at radius 1 is 1.21 bits per heavy atom. The SMILES string of the molecule is O=C(O)C(F)(F)F.O=C(c1ccc(F)o1)N1C[C@@H]2CNC[C@@H](C2)C1. The van der Waals surface area contributed by atoms with Crippen LogP contribution in [0.5, 0.6) is 0 Å². The molecule has 6 nitrogen and oxygen atoms in total. The number of aliphatic carboxylic acids is 1. The maximum absolute atomic E-state index is 12.7. The molecule has 3 heterocycles. The molecule has 2 fully saturated rings. The smallest absolute Gasteiger partial charge is 0.475 e. The molecule has 2 N–H and O–H groups in total. The summed E-state index contributed by atoms with van der Waals surface area (Å²) in [6.45, 7) is 3.41. The molecule has 10 heteroatoms. The molecule has 134 valence electrons. The van der Waals surface area contributed by atoms with Crippen LogP contribution in [0.15, 0.2) is 16.5 Å². The van der Waals surface area contributed by atoms with Crippen LogP contribution in [0.25, 0.3) is 0 Å². The van der Waals surface area contributed by atoms with Gasteiger partial charge in [-0.1, -0.05) is 0 Å². The van der Waals surface area contributed by atoms with Crippen molar-refractivity contribution in [2.75, 3.05) is 26.2 Å². The van der Waals surface area contributed by atoms with E-state index in [1.807, 2.05) is 0 Å². The van der Waals surface area contributed by atoms with Gasteiger partial charge in [-0.3, -0.25) is 4.79 Å². The number of carbonyl (C=O) groups excluding carboxylic acids is 1. The van der Waals surface area contributed by atoms with Crippen LogP contribution in [0.2, 0.25) is 0 Å². The Labute approximate surface area is 134 Å². The summed E-state index contributed by atoms with van der Waals surface area (Å²) >= 11 is 0. The fourth-order valence-corrected chi connectivity index (χ4v) is 2.86. The van der Waals surface area contributed by atoms with Crippen LogP contribution in [0.4, 0.5) is 17.6 Å². The lowest BCUT2D eigenvalue weighted by molar-refractivity contribution is -0.192. The second kappa shape index (κ2) is 7.20. The lowest BCUT2D eigenvalue weighted by Crippen LogP contribution is -2.52. The number of nitrogens with zero attached hydrogens (tertiary/aromatic N) is 1. The quantitative estimate of drug-likeness (QED) is 0.753. The van der Waals surface area contributed by atoms with Crippen molar-refractivity contribution in [1.29, 1.82) is 0 Å². The van der Waals surface area contributed by atoms with Gasteiger partial charge in [0.05, 0.1) is 0 Å². The summed E-state index contributed by atoms with van der Waals surface area (Å²) in [5.41, 5.74) is 0. The van der Waals surface area contributed by atoms with Crippen molar-refractivity contribution in [3.05, 3.63) is 23.9 Å². The Kier molecular flexibility index (Phi) is 5.47. The minimum Gasteiger partial charge on any atom is -0.475 e. The number of halogens is 4. The van der Waals surface area contributed by atoms with Gasteiger partial charge in [0.15, 0.2) is 5.76 Å². The first kappa shape index (κ1) is 18.2. The highest BCUT2D eigenvalue weighted by Crippen LogP contribution is 2.25. The molecule has 2 aliphatic rings. The molecule has 0 unspecified atom stereocenters. The van der Waals surface area contributed by atoms with Gasteiger partial charge in [-0.25, -0.2) is 4.79 Å². The predicted octanol–water partition coefficient (Wildman–Crippen LogP) is 1.73. The Morgan fingerprint density at radius 3 is 2.17 bits per heavy atom. The molecule has 0 saturated carbocycles. The minimum atomic E-state index is -5.08. The summed E-state index contributed by atoms with van der Waals surface area (Å²) in [6.07, 6.45) is -3.90. The number of hydrogen-bond acceptors (Lipinski definition) is 4. The number of hydrogen-bond donors (Lipinski definition) is 2. The number of carbonyl (C=O) groups is 2. The molecule has 1 aromatic rings. The largest absolute Gasteiger partial charge is 0.490 e. The zero-order chi connectivity index (χ0) is 17.9. The molecule has 1 aromatic heterocycles. The zero-order valence-corrected chi connectivity index (χ0v) is 12.5. The van der Waals surface area contributed by atoms with Crippen molar-refractivity contribution in [2.45, 2.75) is 12.6 Å². The van der Waals surface area contributed by atoms with Crippen LogP contribution < -0.4 is 5.32 Å². The van der Waals surface area contributed by atoms with Gasteiger partial charge in [0.25, 0.3) is 11.9 Å². The first-order valence-electron chi connectivity index (χ1n) is 7.22. The van der Waals surface area contributed by atoms with E-state index in [0.717, 1.165) is 26.2 Å². The highest BCUT2D eigenvalue weighted by molar-refractivity contribution is 5.91. The molecular formula is C14H16F4N2O4. The second-order valence-electron chi connectivity index (χ2n) is 5.74. The van der Waals surface area contributed by atoms with Gasteiger partial charge < -0.3 is 19.7 Å². The molecule has 0 spiro atoms. The molecule has 24 heavy (non-hydrogen) atoms. The number of nitrogens with one attached hydrogen (secondary N) is 1.